The van der Waals surface area contributed by atoms with Crippen LogP contribution in [0.1, 0.15) is 146 Å². The van der Waals surface area contributed by atoms with E-state index in [1.165, 1.54) is 33.4 Å². The third-order valence-corrected chi connectivity index (χ3v) is 6.56. The van der Waals surface area contributed by atoms with E-state index < -0.39 is 17.5 Å². The Kier molecular flexibility index (Phi) is 29.8. The normalized spacial score (nSPS) is 12.8. The molecule has 0 aromatic rings. The molecule has 0 saturated carbocycles. The standard InChI is InChI=1S/C15H26O.2C12H20O2/c1-6-15(5,16)12-8-11-14(4)10-7-9-13(2)3;2*1-10(2)6-4-7-11(3)8-5-9-12(13)14/h6,9,11,16H,1,7-8,10,12H2,2-5H3;2*6,8H,4-5,7,9H2,1-3H3,(H,13,14)/b;2*11-8-. The van der Waals surface area contributed by atoms with E-state index >= 15 is 0 Å². The molecule has 44 heavy (non-hydrogen) atoms. The van der Waals surface area contributed by atoms with Crippen molar-refractivity contribution >= 4 is 11.9 Å². The van der Waals surface area contributed by atoms with E-state index in [0.29, 0.717) is 12.8 Å². The first-order valence-electron chi connectivity index (χ1n) is 16.1. The van der Waals surface area contributed by atoms with E-state index in [1.807, 2.05) is 12.2 Å². The summed E-state index contributed by atoms with van der Waals surface area (Å²) in [5, 5.41) is 26.6. The fraction of sp³-hybridized carbons (Fsp3) is 0.590. The van der Waals surface area contributed by atoms with E-state index in [1.54, 1.807) is 13.0 Å². The maximum Gasteiger partial charge on any atom is 0.303 e. The Bertz CT molecular complexity index is 936. The highest BCUT2D eigenvalue weighted by atomic mass is 16.4. The number of rotatable bonds is 19. The largest absolute Gasteiger partial charge is 0.481 e. The first-order chi connectivity index (χ1) is 20.4. The number of aliphatic hydroxyl groups is 1. The summed E-state index contributed by atoms with van der Waals surface area (Å²) in [6.07, 6.45) is 24.4. The average Bonchev–Trinajstić information content (AvgIpc) is 2.88. The SMILES string of the molecule is C=CC(C)(O)CCC=C(C)CCC=C(C)C.CC(C)=CCC/C(C)=C\CCC(=O)O.CC(C)=CCC/C(C)=C\CCC(=O)O. The number of carbonyl (C=O) groups is 2. The Hall–Kier alpha value is -2.92. The number of carboxylic acid groups (broad SMARTS) is 2. The van der Waals surface area contributed by atoms with Gasteiger partial charge in [0.05, 0.1) is 5.60 Å². The first-order valence-corrected chi connectivity index (χ1v) is 16.1. The summed E-state index contributed by atoms with van der Waals surface area (Å²) < 4.78 is 0. The molecule has 0 aromatic heterocycles. The Morgan fingerprint density at radius 1 is 0.523 bits per heavy atom. The summed E-state index contributed by atoms with van der Waals surface area (Å²) in [6.45, 7) is 24.3. The van der Waals surface area contributed by atoms with Gasteiger partial charge >= 0.3 is 11.9 Å². The van der Waals surface area contributed by atoms with Crippen LogP contribution in [0, 0.1) is 0 Å². The van der Waals surface area contributed by atoms with Crippen molar-refractivity contribution < 1.29 is 24.9 Å². The lowest BCUT2D eigenvalue weighted by Crippen LogP contribution is -2.19. The van der Waals surface area contributed by atoms with Gasteiger partial charge in [-0.15, -0.1) is 6.58 Å². The molecule has 252 valence electrons. The van der Waals surface area contributed by atoms with Gasteiger partial charge in [0, 0.05) is 12.8 Å². The van der Waals surface area contributed by atoms with Crippen molar-refractivity contribution in [2.45, 2.75) is 152 Å². The second-order valence-corrected chi connectivity index (χ2v) is 12.6. The van der Waals surface area contributed by atoms with Crippen LogP contribution in [0.2, 0.25) is 0 Å². The van der Waals surface area contributed by atoms with E-state index in [0.717, 1.165) is 51.4 Å². The van der Waals surface area contributed by atoms with Gasteiger partial charge < -0.3 is 15.3 Å². The monoisotopic (exact) mass is 614 g/mol. The number of allylic oxidation sites excluding steroid dienone is 12. The molecule has 0 rings (SSSR count). The van der Waals surface area contributed by atoms with Crippen molar-refractivity contribution in [3.8, 4) is 0 Å². The van der Waals surface area contributed by atoms with E-state index in [9.17, 15) is 14.7 Å². The highest BCUT2D eigenvalue weighted by Crippen LogP contribution is 2.16. The zero-order valence-electron chi connectivity index (χ0n) is 29.9. The van der Waals surface area contributed by atoms with Crippen LogP contribution >= 0.6 is 0 Å². The van der Waals surface area contributed by atoms with Crippen molar-refractivity contribution in [1.29, 1.82) is 0 Å². The molecule has 0 radical (unpaired) electrons. The van der Waals surface area contributed by atoms with Gasteiger partial charge in [-0.2, -0.15) is 0 Å². The molecular weight excluding hydrogens is 548 g/mol. The molecule has 0 spiro atoms. The second-order valence-electron chi connectivity index (χ2n) is 12.6. The molecule has 1 unspecified atom stereocenters. The first kappa shape index (κ1) is 45.5. The lowest BCUT2D eigenvalue weighted by molar-refractivity contribution is -0.137. The van der Waals surface area contributed by atoms with Crippen LogP contribution in [0.5, 0.6) is 0 Å². The summed E-state index contributed by atoms with van der Waals surface area (Å²) in [4.78, 5) is 20.5. The fourth-order valence-corrected chi connectivity index (χ4v) is 3.67. The molecule has 0 saturated heterocycles. The van der Waals surface area contributed by atoms with Gasteiger partial charge in [-0.05, 0) is 133 Å². The van der Waals surface area contributed by atoms with Gasteiger partial charge in [0.15, 0.2) is 0 Å². The summed E-state index contributed by atoms with van der Waals surface area (Å²) >= 11 is 0. The van der Waals surface area contributed by atoms with Crippen LogP contribution in [-0.2, 0) is 9.59 Å². The molecule has 0 bridgehead atoms. The summed E-state index contributed by atoms with van der Waals surface area (Å²) in [7, 11) is 0. The number of hydrogen-bond acceptors (Lipinski definition) is 3. The van der Waals surface area contributed by atoms with E-state index in [2.05, 4.69) is 93.2 Å². The highest BCUT2D eigenvalue weighted by molar-refractivity contribution is 5.67. The summed E-state index contributed by atoms with van der Waals surface area (Å²) in [5.41, 5.74) is 7.29. The lowest BCUT2D eigenvalue weighted by Gasteiger charge is -2.16. The van der Waals surface area contributed by atoms with E-state index in [-0.39, 0.29) is 12.8 Å². The molecule has 5 heteroatoms. The maximum atomic E-state index is 10.2. The molecule has 0 aromatic carbocycles. The van der Waals surface area contributed by atoms with Crippen LogP contribution < -0.4 is 0 Å². The van der Waals surface area contributed by atoms with Gasteiger partial charge in [-0.1, -0.05) is 76.0 Å². The molecule has 0 aliphatic rings. The van der Waals surface area contributed by atoms with Gasteiger partial charge in [0.2, 0.25) is 0 Å². The van der Waals surface area contributed by atoms with Gasteiger partial charge in [0.1, 0.15) is 0 Å². The molecule has 0 fully saturated rings. The van der Waals surface area contributed by atoms with Crippen LogP contribution in [0.3, 0.4) is 0 Å². The number of carboxylic acids is 2. The maximum absolute atomic E-state index is 10.2. The zero-order chi connectivity index (χ0) is 34.6. The molecule has 0 aliphatic carbocycles. The van der Waals surface area contributed by atoms with Crippen molar-refractivity contribution in [2.24, 2.45) is 0 Å². The molecular formula is C39H66O5. The minimum Gasteiger partial charge on any atom is -0.481 e. The molecule has 0 aliphatic heterocycles. The zero-order valence-corrected chi connectivity index (χ0v) is 29.9. The van der Waals surface area contributed by atoms with Crippen molar-refractivity contribution in [2.75, 3.05) is 0 Å². The average molecular weight is 615 g/mol. The quantitative estimate of drug-likeness (QED) is 0.126. The lowest BCUT2D eigenvalue weighted by atomic mass is 9.99. The van der Waals surface area contributed by atoms with Gasteiger partial charge in [-0.25, -0.2) is 0 Å². The molecule has 3 N–H and O–H groups in total. The van der Waals surface area contributed by atoms with Crippen LogP contribution in [-0.4, -0.2) is 32.9 Å². The molecule has 0 amide bonds. The second kappa shape index (κ2) is 28.8. The smallest absolute Gasteiger partial charge is 0.303 e. The van der Waals surface area contributed by atoms with E-state index in [4.69, 9.17) is 10.2 Å². The topological polar surface area (TPSA) is 94.8 Å². The van der Waals surface area contributed by atoms with Crippen LogP contribution in [0.4, 0.5) is 0 Å². The molecule has 5 nitrogen and oxygen atoms in total. The van der Waals surface area contributed by atoms with Crippen molar-refractivity contribution in [1.82, 2.24) is 0 Å². The Labute approximate surface area is 270 Å². The third-order valence-electron chi connectivity index (χ3n) is 6.56. The molecule has 0 heterocycles. The predicted molar refractivity (Wildman–Crippen MR) is 191 cm³/mol. The summed E-state index contributed by atoms with van der Waals surface area (Å²) in [6, 6.07) is 0. The third kappa shape index (κ3) is 41.2. The Balaban J connectivity index is -0.000000575. The highest BCUT2D eigenvalue weighted by Gasteiger charge is 2.13. The number of aliphatic carboxylic acids is 2. The minimum absolute atomic E-state index is 0.236. The van der Waals surface area contributed by atoms with Crippen molar-refractivity contribution in [3.63, 3.8) is 0 Å². The van der Waals surface area contributed by atoms with Crippen molar-refractivity contribution in [3.05, 3.63) is 82.5 Å². The molecule has 1 atom stereocenters. The summed E-state index contributed by atoms with van der Waals surface area (Å²) in [5.74, 6) is -1.45. The van der Waals surface area contributed by atoms with Crippen LogP contribution in [0.25, 0.3) is 0 Å². The Morgan fingerprint density at radius 2 is 0.795 bits per heavy atom. The Morgan fingerprint density at radius 3 is 1.05 bits per heavy atom. The van der Waals surface area contributed by atoms with Gasteiger partial charge in [-0.3, -0.25) is 9.59 Å². The number of hydrogen-bond donors (Lipinski definition) is 3. The van der Waals surface area contributed by atoms with Crippen LogP contribution in [0.15, 0.2) is 82.5 Å². The predicted octanol–water partition coefficient (Wildman–Crippen LogP) is 11.5. The minimum atomic E-state index is -0.726. The van der Waals surface area contributed by atoms with Gasteiger partial charge in [0.25, 0.3) is 0 Å². The fourth-order valence-electron chi connectivity index (χ4n) is 3.67.